The lowest BCUT2D eigenvalue weighted by Crippen LogP contribution is -2.34. The van der Waals surface area contributed by atoms with Gasteiger partial charge in [0.2, 0.25) is 0 Å². The van der Waals surface area contributed by atoms with Gasteiger partial charge in [0.1, 0.15) is 17.5 Å². The first-order valence-electron chi connectivity index (χ1n) is 6.20. The average Bonchev–Trinajstić information content (AvgIpc) is 2.36. The molecule has 6 heteroatoms. The van der Waals surface area contributed by atoms with E-state index < -0.39 is 11.6 Å². The third-order valence-corrected chi connectivity index (χ3v) is 2.85. The summed E-state index contributed by atoms with van der Waals surface area (Å²) in [5.41, 5.74) is 6.03. The number of hydrogen-bond donors (Lipinski definition) is 3. The lowest BCUT2D eigenvalue weighted by molar-refractivity contribution is 0.315. The second-order valence-corrected chi connectivity index (χ2v) is 4.38. The van der Waals surface area contributed by atoms with Crippen LogP contribution in [0.4, 0.5) is 8.78 Å². The molecule has 1 rings (SSSR count). The molecule has 4 N–H and O–H groups in total. The third kappa shape index (κ3) is 5.65. The van der Waals surface area contributed by atoms with Gasteiger partial charge in [-0.25, -0.2) is 8.78 Å². The van der Waals surface area contributed by atoms with Crippen molar-refractivity contribution in [3.05, 3.63) is 35.4 Å². The minimum absolute atomic E-state index is 0.0781. The van der Waals surface area contributed by atoms with Crippen LogP contribution in [0.15, 0.2) is 23.4 Å². The van der Waals surface area contributed by atoms with Gasteiger partial charge in [-0.2, -0.15) is 0 Å². The van der Waals surface area contributed by atoms with Gasteiger partial charge in [-0.1, -0.05) is 12.1 Å². The van der Waals surface area contributed by atoms with Crippen LogP contribution in [0.25, 0.3) is 0 Å². The fourth-order valence-corrected chi connectivity index (χ4v) is 1.83. The van der Waals surface area contributed by atoms with Gasteiger partial charge in [-0.15, -0.1) is 0 Å². The molecule has 1 aromatic rings. The summed E-state index contributed by atoms with van der Waals surface area (Å²) < 4.78 is 26.0. The number of amidine groups is 1. The van der Waals surface area contributed by atoms with E-state index in [1.807, 2.05) is 6.92 Å². The number of hydrogen-bond acceptors (Lipinski definition) is 3. The highest BCUT2D eigenvalue weighted by Crippen LogP contribution is 2.08. The first-order chi connectivity index (χ1) is 9.05. The van der Waals surface area contributed by atoms with Crippen molar-refractivity contribution in [1.29, 1.82) is 0 Å². The van der Waals surface area contributed by atoms with Crippen LogP contribution in [-0.4, -0.2) is 23.6 Å². The zero-order valence-corrected chi connectivity index (χ0v) is 10.9. The molecule has 19 heavy (non-hydrogen) atoms. The van der Waals surface area contributed by atoms with Crippen molar-refractivity contribution in [3.8, 4) is 0 Å². The zero-order valence-electron chi connectivity index (χ0n) is 10.9. The van der Waals surface area contributed by atoms with Crippen molar-refractivity contribution in [3.63, 3.8) is 0 Å². The quantitative estimate of drug-likeness (QED) is 0.307. The molecule has 106 valence electrons. The molecule has 0 bridgehead atoms. The number of nitrogens with two attached hydrogens (primary N) is 1. The Kier molecular flexibility index (Phi) is 6.21. The Balaban J connectivity index is 2.43. The molecular weight excluding hydrogens is 252 g/mol. The molecule has 0 aliphatic carbocycles. The van der Waals surface area contributed by atoms with Crippen LogP contribution < -0.4 is 11.1 Å². The van der Waals surface area contributed by atoms with Gasteiger partial charge in [-0.05, 0) is 37.1 Å². The molecule has 4 nitrogen and oxygen atoms in total. The highest BCUT2D eigenvalue weighted by atomic mass is 19.1. The van der Waals surface area contributed by atoms with Gasteiger partial charge in [0, 0.05) is 18.5 Å². The standard InChI is InChI=1S/C13H19F2N3O/c1-2-12(8-13(16)18-19)17-4-3-9-5-10(14)7-11(15)6-9/h5-7,12,17,19H,2-4,8H2,1H3,(H2,16,18). The fourth-order valence-electron chi connectivity index (χ4n) is 1.83. The lowest BCUT2D eigenvalue weighted by atomic mass is 10.1. The van der Waals surface area contributed by atoms with Gasteiger partial charge >= 0.3 is 0 Å². The molecule has 0 amide bonds. The summed E-state index contributed by atoms with van der Waals surface area (Å²) >= 11 is 0. The molecule has 1 aromatic carbocycles. The van der Waals surface area contributed by atoms with Crippen molar-refractivity contribution in [2.75, 3.05) is 6.54 Å². The Morgan fingerprint density at radius 1 is 1.37 bits per heavy atom. The average molecular weight is 271 g/mol. The number of rotatable bonds is 7. The van der Waals surface area contributed by atoms with Crippen LogP contribution in [0.1, 0.15) is 25.3 Å². The maximum absolute atomic E-state index is 13.0. The van der Waals surface area contributed by atoms with E-state index in [1.165, 1.54) is 12.1 Å². The maximum Gasteiger partial charge on any atom is 0.140 e. The first kappa shape index (κ1) is 15.4. The van der Waals surface area contributed by atoms with Crippen molar-refractivity contribution < 1.29 is 14.0 Å². The van der Waals surface area contributed by atoms with Crippen LogP contribution in [0.5, 0.6) is 0 Å². The third-order valence-electron chi connectivity index (χ3n) is 2.85. The van der Waals surface area contributed by atoms with Crippen molar-refractivity contribution in [2.45, 2.75) is 32.2 Å². The van der Waals surface area contributed by atoms with Crippen LogP contribution in [-0.2, 0) is 6.42 Å². The molecule has 0 fully saturated rings. The second-order valence-electron chi connectivity index (χ2n) is 4.38. The van der Waals surface area contributed by atoms with Gasteiger partial charge in [0.05, 0.1) is 0 Å². The molecule has 0 radical (unpaired) electrons. The number of halogens is 2. The Morgan fingerprint density at radius 3 is 2.53 bits per heavy atom. The van der Waals surface area contributed by atoms with E-state index in [1.54, 1.807) is 0 Å². The molecule has 0 aromatic heterocycles. The Labute approximate surface area is 111 Å². The highest BCUT2D eigenvalue weighted by molar-refractivity contribution is 5.80. The maximum atomic E-state index is 13.0. The number of oxime groups is 1. The molecule has 0 aliphatic heterocycles. The monoisotopic (exact) mass is 271 g/mol. The van der Waals surface area contributed by atoms with Crippen molar-refractivity contribution in [2.24, 2.45) is 10.9 Å². The van der Waals surface area contributed by atoms with Crippen molar-refractivity contribution in [1.82, 2.24) is 5.32 Å². The van der Waals surface area contributed by atoms with Crippen LogP contribution in [0.2, 0.25) is 0 Å². The minimum Gasteiger partial charge on any atom is -0.409 e. The summed E-state index contributed by atoms with van der Waals surface area (Å²) in [5.74, 6) is -0.978. The molecule has 0 saturated heterocycles. The van der Waals surface area contributed by atoms with E-state index in [0.29, 0.717) is 24.9 Å². The fraction of sp³-hybridized carbons (Fsp3) is 0.462. The van der Waals surface area contributed by atoms with Gasteiger partial charge in [0.25, 0.3) is 0 Å². The van der Waals surface area contributed by atoms with E-state index in [0.717, 1.165) is 12.5 Å². The Morgan fingerprint density at radius 2 is 2.00 bits per heavy atom. The Bertz CT molecular complexity index is 418. The van der Waals surface area contributed by atoms with Crippen molar-refractivity contribution >= 4 is 5.84 Å². The molecule has 0 saturated carbocycles. The topological polar surface area (TPSA) is 70.6 Å². The predicted molar refractivity (Wildman–Crippen MR) is 70.2 cm³/mol. The summed E-state index contributed by atoms with van der Waals surface area (Å²) in [6.07, 6.45) is 1.76. The molecule has 0 spiro atoms. The lowest BCUT2D eigenvalue weighted by Gasteiger charge is -2.16. The summed E-state index contributed by atoms with van der Waals surface area (Å²) in [7, 11) is 0. The van der Waals surface area contributed by atoms with E-state index in [2.05, 4.69) is 10.5 Å². The van der Waals surface area contributed by atoms with Gasteiger partial charge in [0.15, 0.2) is 0 Å². The molecule has 1 unspecified atom stereocenters. The predicted octanol–water partition coefficient (Wildman–Crippen LogP) is 2.01. The Hall–Kier alpha value is -1.69. The normalized spacial score (nSPS) is 13.5. The van der Waals surface area contributed by atoms with Crippen LogP contribution in [0, 0.1) is 11.6 Å². The number of nitrogens with one attached hydrogen (secondary N) is 1. The largest absolute Gasteiger partial charge is 0.409 e. The summed E-state index contributed by atoms with van der Waals surface area (Å²) in [6, 6.07) is 3.56. The van der Waals surface area contributed by atoms with Crippen LogP contribution >= 0.6 is 0 Å². The highest BCUT2D eigenvalue weighted by Gasteiger charge is 2.08. The van der Waals surface area contributed by atoms with E-state index in [9.17, 15) is 8.78 Å². The molecule has 0 heterocycles. The van der Waals surface area contributed by atoms with E-state index in [-0.39, 0.29) is 11.9 Å². The number of nitrogens with zero attached hydrogens (tertiary/aromatic N) is 1. The second kappa shape index (κ2) is 7.68. The van der Waals surface area contributed by atoms with Crippen LogP contribution in [0.3, 0.4) is 0 Å². The van der Waals surface area contributed by atoms with Gasteiger partial charge < -0.3 is 16.3 Å². The minimum atomic E-state index is -0.571. The smallest absolute Gasteiger partial charge is 0.140 e. The summed E-state index contributed by atoms with van der Waals surface area (Å²) in [4.78, 5) is 0. The molecule has 1 atom stereocenters. The van der Waals surface area contributed by atoms with Gasteiger partial charge in [-0.3, -0.25) is 0 Å². The SMILES string of the molecule is CCC(CC(N)=NO)NCCc1cc(F)cc(F)c1. The summed E-state index contributed by atoms with van der Waals surface area (Å²) in [6.45, 7) is 2.55. The first-order valence-corrected chi connectivity index (χ1v) is 6.20. The molecule has 0 aliphatic rings. The van der Waals surface area contributed by atoms with E-state index in [4.69, 9.17) is 10.9 Å². The zero-order chi connectivity index (χ0) is 14.3. The molecular formula is C13H19F2N3O. The summed E-state index contributed by atoms with van der Waals surface area (Å²) in [5, 5.41) is 14.6. The van der Waals surface area contributed by atoms with E-state index >= 15 is 0 Å². The number of benzene rings is 1.